The largest absolute Gasteiger partial charge is 0.386 e. The number of nitrogens with one attached hydrogen (secondary N) is 1. The van der Waals surface area contributed by atoms with Crippen LogP contribution >= 0.6 is 11.8 Å². The van der Waals surface area contributed by atoms with Crippen molar-refractivity contribution in [1.82, 2.24) is 15.0 Å². The minimum absolute atomic E-state index is 0.283. The van der Waals surface area contributed by atoms with Gasteiger partial charge < -0.3 is 10.4 Å². The molecule has 1 aliphatic carbocycles. The van der Waals surface area contributed by atoms with Crippen LogP contribution in [0.1, 0.15) is 23.8 Å². The normalized spacial score (nSPS) is 19.2. The van der Waals surface area contributed by atoms with E-state index in [-0.39, 0.29) is 12.3 Å². The molecular weight excluding hydrogens is 391 g/mol. The van der Waals surface area contributed by atoms with Crippen molar-refractivity contribution in [2.75, 3.05) is 17.3 Å². The number of halogens is 1. The number of aliphatic hydroxyl groups excluding tert-OH is 1. The van der Waals surface area contributed by atoms with Crippen LogP contribution in [0, 0.1) is 12.8 Å². The van der Waals surface area contributed by atoms with Gasteiger partial charge in [0.25, 0.3) is 0 Å². The first-order valence-corrected chi connectivity index (χ1v) is 10.7. The number of anilines is 1. The fraction of sp³-hybridized carbons (Fsp3) is 0.333. The van der Waals surface area contributed by atoms with E-state index in [0.717, 1.165) is 27.6 Å². The molecule has 3 aromatic rings. The van der Waals surface area contributed by atoms with E-state index in [2.05, 4.69) is 20.3 Å². The van der Waals surface area contributed by atoms with Gasteiger partial charge >= 0.3 is 0 Å². The zero-order chi connectivity index (χ0) is 20.5. The molecule has 3 aromatic heterocycles. The Labute approximate surface area is 172 Å². The Kier molecular flexibility index (Phi) is 5.47. The highest BCUT2D eigenvalue weighted by molar-refractivity contribution is 7.98. The molecule has 150 valence electrons. The number of aliphatic hydroxyl groups is 1. The van der Waals surface area contributed by atoms with Gasteiger partial charge in [0.15, 0.2) is 0 Å². The molecule has 1 unspecified atom stereocenters. The standard InChI is InChI=1S/C21H21FN4O2S/c1-11-3-18(19(27)10-29-2)24-9-15(11)17-4-12-8-25-20(5-13(12)7-23-17)26-21(28)14-6-16(14)22/h3-5,7-9,14,16,19,27H,6,10H2,1-2H3,(H,25,26,28)/t14-,16+,19?/m1/s1. The van der Waals surface area contributed by atoms with Gasteiger partial charge in [0.2, 0.25) is 5.91 Å². The number of thioether (sulfide) groups is 1. The summed E-state index contributed by atoms with van der Waals surface area (Å²) in [6, 6.07) is 5.52. The molecule has 29 heavy (non-hydrogen) atoms. The summed E-state index contributed by atoms with van der Waals surface area (Å²) < 4.78 is 13.0. The predicted molar refractivity (Wildman–Crippen MR) is 112 cm³/mol. The van der Waals surface area contributed by atoms with E-state index in [1.807, 2.05) is 25.3 Å². The highest BCUT2D eigenvalue weighted by Gasteiger charge is 2.43. The number of amides is 1. The molecule has 1 amide bonds. The lowest BCUT2D eigenvalue weighted by Gasteiger charge is -2.12. The van der Waals surface area contributed by atoms with Gasteiger partial charge in [0, 0.05) is 40.7 Å². The average molecular weight is 412 g/mol. The summed E-state index contributed by atoms with van der Waals surface area (Å²) in [4.78, 5) is 25.1. The minimum Gasteiger partial charge on any atom is -0.386 e. The predicted octanol–water partition coefficient (Wildman–Crippen LogP) is 3.69. The molecule has 8 heteroatoms. The fourth-order valence-electron chi connectivity index (χ4n) is 3.18. The van der Waals surface area contributed by atoms with Crippen LogP contribution in [0.5, 0.6) is 0 Å². The summed E-state index contributed by atoms with van der Waals surface area (Å²) in [5, 5.41) is 14.5. The third-order valence-corrected chi connectivity index (χ3v) is 5.63. The number of alkyl halides is 1. The van der Waals surface area contributed by atoms with Crippen LogP contribution in [0.2, 0.25) is 0 Å². The van der Waals surface area contributed by atoms with Gasteiger partial charge in [-0.05, 0) is 43.4 Å². The van der Waals surface area contributed by atoms with Crippen molar-refractivity contribution in [3.8, 4) is 11.3 Å². The lowest BCUT2D eigenvalue weighted by Crippen LogP contribution is -2.15. The Morgan fingerprint density at radius 3 is 2.66 bits per heavy atom. The van der Waals surface area contributed by atoms with Gasteiger partial charge in [0.1, 0.15) is 18.1 Å². The van der Waals surface area contributed by atoms with E-state index in [4.69, 9.17) is 0 Å². The number of aromatic nitrogens is 3. The lowest BCUT2D eigenvalue weighted by atomic mass is 10.0. The quantitative estimate of drug-likeness (QED) is 0.642. The Balaban J connectivity index is 1.57. The Morgan fingerprint density at radius 1 is 1.24 bits per heavy atom. The van der Waals surface area contributed by atoms with Crippen LogP contribution in [-0.4, -0.2) is 44.1 Å². The van der Waals surface area contributed by atoms with E-state index in [0.29, 0.717) is 17.3 Å². The second kappa shape index (κ2) is 8.04. The van der Waals surface area contributed by atoms with Crippen molar-refractivity contribution in [3.63, 3.8) is 0 Å². The zero-order valence-electron chi connectivity index (χ0n) is 16.1. The van der Waals surface area contributed by atoms with Crippen molar-refractivity contribution in [1.29, 1.82) is 0 Å². The molecule has 0 bridgehead atoms. The van der Waals surface area contributed by atoms with Gasteiger partial charge in [-0.15, -0.1) is 0 Å². The SMILES string of the molecule is CSCC(O)c1cc(C)c(-c2cc3cnc(NC(=O)[C@@H]4C[C@@H]4F)cc3cn2)cn1. The molecule has 4 rings (SSSR count). The van der Waals surface area contributed by atoms with Crippen molar-refractivity contribution >= 4 is 34.3 Å². The van der Waals surface area contributed by atoms with Gasteiger partial charge in [0.05, 0.1) is 17.3 Å². The van der Waals surface area contributed by atoms with Crippen LogP contribution in [0.3, 0.4) is 0 Å². The number of carbonyl (C=O) groups is 1. The summed E-state index contributed by atoms with van der Waals surface area (Å²) in [5.74, 6) is 0.0958. The van der Waals surface area contributed by atoms with Crippen LogP contribution in [0.4, 0.5) is 10.2 Å². The topological polar surface area (TPSA) is 88.0 Å². The van der Waals surface area contributed by atoms with Gasteiger partial charge in [-0.1, -0.05) is 0 Å². The molecule has 1 saturated carbocycles. The molecule has 3 heterocycles. The number of nitrogens with zero attached hydrogens (tertiary/aromatic N) is 3. The van der Waals surface area contributed by atoms with E-state index in [9.17, 15) is 14.3 Å². The minimum atomic E-state index is -1.04. The molecule has 3 atom stereocenters. The summed E-state index contributed by atoms with van der Waals surface area (Å²) in [7, 11) is 0. The first-order chi connectivity index (χ1) is 14.0. The number of carbonyl (C=O) groups excluding carboxylic acids is 1. The molecule has 0 saturated heterocycles. The van der Waals surface area contributed by atoms with E-state index < -0.39 is 18.2 Å². The summed E-state index contributed by atoms with van der Waals surface area (Å²) in [6.07, 6.45) is 5.70. The molecule has 0 radical (unpaired) electrons. The fourth-order valence-corrected chi connectivity index (χ4v) is 3.67. The van der Waals surface area contributed by atoms with E-state index >= 15 is 0 Å². The molecular formula is C21H21FN4O2S. The Hall–Kier alpha value is -2.58. The third-order valence-electron chi connectivity index (χ3n) is 4.98. The summed E-state index contributed by atoms with van der Waals surface area (Å²) >= 11 is 1.57. The second-order valence-corrected chi connectivity index (χ2v) is 8.14. The molecule has 1 fully saturated rings. The maximum Gasteiger partial charge on any atom is 0.231 e. The highest BCUT2D eigenvalue weighted by atomic mass is 32.2. The molecule has 0 aliphatic heterocycles. The summed E-state index contributed by atoms with van der Waals surface area (Å²) in [6.45, 7) is 1.96. The van der Waals surface area contributed by atoms with Crippen LogP contribution in [-0.2, 0) is 4.79 Å². The van der Waals surface area contributed by atoms with Crippen molar-refractivity contribution in [2.45, 2.75) is 25.6 Å². The van der Waals surface area contributed by atoms with Crippen molar-refractivity contribution < 1.29 is 14.3 Å². The number of aryl methyl sites for hydroxylation is 1. The molecule has 6 nitrogen and oxygen atoms in total. The summed E-state index contributed by atoms with van der Waals surface area (Å²) in [5.41, 5.74) is 3.26. The van der Waals surface area contributed by atoms with E-state index in [1.54, 1.807) is 36.4 Å². The van der Waals surface area contributed by atoms with Gasteiger partial charge in [-0.3, -0.25) is 14.8 Å². The number of fused-ring (bicyclic) bond motifs is 1. The highest BCUT2D eigenvalue weighted by Crippen LogP contribution is 2.34. The van der Waals surface area contributed by atoms with Crippen molar-refractivity contribution in [3.05, 3.63) is 48.0 Å². The molecule has 0 aromatic carbocycles. The number of pyridine rings is 3. The Bertz CT molecular complexity index is 1080. The third kappa shape index (κ3) is 4.23. The van der Waals surface area contributed by atoms with Gasteiger partial charge in [-0.2, -0.15) is 11.8 Å². The monoisotopic (exact) mass is 412 g/mol. The maximum atomic E-state index is 13.0. The average Bonchev–Trinajstić information content (AvgIpc) is 3.44. The zero-order valence-corrected chi connectivity index (χ0v) is 16.9. The van der Waals surface area contributed by atoms with Crippen LogP contribution in [0.15, 0.2) is 36.8 Å². The first kappa shape index (κ1) is 19.7. The second-order valence-electron chi connectivity index (χ2n) is 7.23. The first-order valence-electron chi connectivity index (χ1n) is 9.31. The van der Waals surface area contributed by atoms with Gasteiger partial charge in [-0.25, -0.2) is 9.37 Å². The molecule has 0 spiro atoms. The van der Waals surface area contributed by atoms with Crippen LogP contribution < -0.4 is 5.32 Å². The Morgan fingerprint density at radius 2 is 1.97 bits per heavy atom. The molecule has 2 N–H and O–H groups in total. The van der Waals surface area contributed by atoms with Crippen molar-refractivity contribution in [2.24, 2.45) is 5.92 Å². The number of hydrogen-bond acceptors (Lipinski definition) is 6. The van der Waals surface area contributed by atoms with E-state index in [1.165, 1.54) is 0 Å². The number of hydrogen-bond donors (Lipinski definition) is 2. The smallest absolute Gasteiger partial charge is 0.231 e. The van der Waals surface area contributed by atoms with Crippen LogP contribution in [0.25, 0.3) is 22.0 Å². The maximum absolute atomic E-state index is 13.0. The molecule has 1 aliphatic rings. The lowest BCUT2D eigenvalue weighted by molar-refractivity contribution is -0.117. The number of rotatable bonds is 6.